The van der Waals surface area contributed by atoms with Crippen LogP contribution in [-0.4, -0.2) is 26.6 Å². The lowest BCUT2D eigenvalue weighted by Crippen LogP contribution is -2.24. The Bertz CT molecular complexity index is 888. The van der Waals surface area contributed by atoms with Gasteiger partial charge in [-0.3, -0.25) is 9.78 Å². The maximum atomic E-state index is 12.9. The molecule has 132 valence electrons. The highest BCUT2D eigenvalue weighted by molar-refractivity contribution is 7.99. The van der Waals surface area contributed by atoms with Crippen LogP contribution in [0.4, 0.5) is 4.39 Å². The molecule has 0 aliphatic rings. The van der Waals surface area contributed by atoms with E-state index >= 15 is 0 Å². The van der Waals surface area contributed by atoms with Gasteiger partial charge < -0.3 is 5.32 Å². The average Bonchev–Trinajstić information content (AvgIpc) is 2.66. The second-order valence-electron chi connectivity index (χ2n) is 5.55. The largest absolute Gasteiger partial charge is 0.351 e. The fourth-order valence-electron chi connectivity index (χ4n) is 2.25. The number of carbonyl (C=O) groups excluding carboxylic acids is 1. The van der Waals surface area contributed by atoms with Gasteiger partial charge in [0.25, 0.3) is 0 Å². The molecule has 0 radical (unpaired) electrons. The van der Waals surface area contributed by atoms with Crippen LogP contribution in [-0.2, 0) is 11.3 Å². The molecule has 0 bridgehead atoms. The number of aromatic nitrogens is 3. The van der Waals surface area contributed by atoms with E-state index < -0.39 is 0 Å². The van der Waals surface area contributed by atoms with Gasteiger partial charge in [-0.15, -0.1) is 0 Å². The Hall–Kier alpha value is -2.80. The van der Waals surface area contributed by atoms with Crippen molar-refractivity contribution in [2.45, 2.75) is 18.5 Å². The van der Waals surface area contributed by atoms with E-state index in [-0.39, 0.29) is 17.5 Å². The molecule has 0 spiro atoms. The van der Waals surface area contributed by atoms with Gasteiger partial charge in [0.2, 0.25) is 5.91 Å². The molecule has 5 nitrogen and oxygen atoms in total. The number of hydrogen-bond acceptors (Lipinski definition) is 5. The third-order valence-electron chi connectivity index (χ3n) is 3.50. The number of carbonyl (C=O) groups is 1. The number of aryl methyl sites for hydroxylation is 1. The summed E-state index contributed by atoms with van der Waals surface area (Å²) in [6.07, 6.45) is 1.71. The molecule has 0 saturated heterocycles. The van der Waals surface area contributed by atoms with Gasteiger partial charge in [0.15, 0.2) is 0 Å². The summed E-state index contributed by atoms with van der Waals surface area (Å²) in [6, 6.07) is 13.5. The van der Waals surface area contributed by atoms with Gasteiger partial charge in [-0.1, -0.05) is 30.0 Å². The zero-order valence-electron chi connectivity index (χ0n) is 14.1. The first kappa shape index (κ1) is 18.0. The first-order valence-corrected chi connectivity index (χ1v) is 9.00. The van der Waals surface area contributed by atoms with Crippen LogP contribution in [0.15, 0.2) is 59.8 Å². The molecule has 3 rings (SSSR count). The summed E-state index contributed by atoms with van der Waals surface area (Å²) >= 11 is 1.34. The van der Waals surface area contributed by atoms with Crippen molar-refractivity contribution in [3.8, 4) is 11.4 Å². The fourth-order valence-corrected chi connectivity index (χ4v) is 3.03. The Labute approximate surface area is 155 Å². The SMILES string of the molecule is Cc1nc(SCC(=O)NCc2ccc(F)cc2)cc(-c2ccccn2)n1. The van der Waals surface area contributed by atoms with Crippen molar-refractivity contribution < 1.29 is 9.18 Å². The van der Waals surface area contributed by atoms with Crippen LogP contribution >= 0.6 is 11.8 Å². The van der Waals surface area contributed by atoms with Crippen molar-refractivity contribution in [2.24, 2.45) is 0 Å². The number of thioether (sulfide) groups is 1. The number of rotatable bonds is 6. The van der Waals surface area contributed by atoms with Crippen molar-refractivity contribution in [3.05, 3.63) is 71.9 Å². The zero-order valence-corrected chi connectivity index (χ0v) is 15.0. The molecule has 0 saturated carbocycles. The first-order valence-electron chi connectivity index (χ1n) is 8.01. The summed E-state index contributed by atoms with van der Waals surface area (Å²) in [6.45, 7) is 2.17. The molecule has 26 heavy (non-hydrogen) atoms. The number of benzene rings is 1. The topological polar surface area (TPSA) is 67.8 Å². The van der Waals surface area contributed by atoms with E-state index in [1.807, 2.05) is 31.2 Å². The lowest BCUT2D eigenvalue weighted by atomic mass is 10.2. The van der Waals surface area contributed by atoms with Gasteiger partial charge in [-0.25, -0.2) is 14.4 Å². The minimum atomic E-state index is -0.293. The minimum Gasteiger partial charge on any atom is -0.351 e. The van der Waals surface area contributed by atoms with Gasteiger partial charge in [0.1, 0.15) is 16.7 Å². The van der Waals surface area contributed by atoms with Crippen molar-refractivity contribution in [2.75, 3.05) is 5.75 Å². The molecule has 0 aliphatic heterocycles. The molecule has 3 aromatic rings. The summed E-state index contributed by atoms with van der Waals surface area (Å²) in [4.78, 5) is 25.1. The quantitative estimate of drug-likeness (QED) is 0.534. The molecule has 0 fully saturated rings. The third-order valence-corrected chi connectivity index (χ3v) is 4.41. The Morgan fingerprint density at radius 3 is 2.65 bits per heavy atom. The summed E-state index contributed by atoms with van der Waals surface area (Å²) in [5.41, 5.74) is 2.34. The molecule has 2 aromatic heterocycles. The van der Waals surface area contributed by atoms with E-state index in [4.69, 9.17) is 0 Å². The van der Waals surface area contributed by atoms with Crippen LogP contribution in [0.1, 0.15) is 11.4 Å². The number of hydrogen-bond donors (Lipinski definition) is 1. The Morgan fingerprint density at radius 1 is 1.12 bits per heavy atom. The molecular formula is C19H17FN4OS. The predicted molar refractivity (Wildman–Crippen MR) is 99.0 cm³/mol. The number of pyridine rings is 1. The van der Waals surface area contributed by atoms with E-state index in [1.54, 1.807) is 18.3 Å². The van der Waals surface area contributed by atoms with Crippen molar-refractivity contribution in [1.82, 2.24) is 20.3 Å². The standard InChI is InChI=1S/C19H17FN4OS/c1-13-23-17(16-4-2-3-9-21-16)10-19(24-13)26-12-18(25)22-11-14-5-7-15(20)8-6-14/h2-10H,11-12H2,1H3,(H,22,25). The van der Waals surface area contributed by atoms with Crippen LogP contribution in [0.5, 0.6) is 0 Å². The maximum Gasteiger partial charge on any atom is 0.230 e. The summed E-state index contributed by atoms with van der Waals surface area (Å²) in [5, 5.41) is 3.53. The van der Waals surface area contributed by atoms with E-state index in [0.717, 1.165) is 22.0 Å². The highest BCUT2D eigenvalue weighted by Gasteiger charge is 2.08. The van der Waals surface area contributed by atoms with Crippen LogP contribution in [0, 0.1) is 12.7 Å². The second kappa shape index (κ2) is 8.53. The van der Waals surface area contributed by atoms with Crippen molar-refractivity contribution in [3.63, 3.8) is 0 Å². The van der Waals surface area contributed by atoms with Crippen molar-refractivity contribution >= 4 is 17.7 Å². The number of halogens is 1. The van der Waals surface area contributed by atoms with E-state index in [2.05, 4.69) is 20.3 Å². The van der Waals surface area contributed by atoms with E-state index in [1.165, 1.54) is 23.9 Å². The summed E-state index contributed by atoms with van der Waals surface area (Å²) < 4.78 is 12.9. The average molecular weight is 368 g/mol. The molecule has 2 heterocycles. The predicted octanol–water partition coefficient (Wildman–Crippen LogP) is 3.39. The van der Waals surface area contributed by atoms with E-state index in [0.29, 0.717) is 12.4 Å². The smallest absolute Gasteiger partial charge is 0.230 e. The summed E-state index contributed by atoms with van der Waals surface area (Å²) in [7, 11) is 0. The number of nitrogens with one attached hydrogen (secondary N) is 1. The zero-order chi connectivity index (χ0) is 18.4. The van der Waals surface area contributed by atoms with Crippen LogP contribution in [0.2, 0.25) is 0 Å². The highest BCUT2D eigenvalue weighted by Crippen LogP contribution is 2.21. The first-order chi connectivity index (χ1) is 12.6. The van der Waals surface area contributed by atoms with Gasteiger partial charge in [0, 0.05) is 12.7 Å². The molecule has 7 heteroatoms. The van der Waals surface area contributed by atoms with Crippen LogP contribution in [0.3, 0.4) is 0 Å². The van der Waals surface area contributed by atoms with Gasteiger partial charge >= 0.3 is 0 Å². The molecular weight excluding hydrogens is 351 g/mol. The third kappa shape index (κ3) is 5.10. The molecule has 1 amide bonds. The van der Waals surface area contributed by atoms with Crippen LogP contribution in [0.25, 0.3) is 11.4 Å². The number of nitrogens with zero attached hydrogens (tertiary/aromatic N) is 3. The van der Waals surface area contributed by atoms with Crippen LogP contribution < -0.4 is 5.32 Å². The lowest BCUT2D eigenvalue weighted by Gasteiger charge is -2.07. The lowest BCUT2D eigenvalue weighted by molar-refractivity contribution is -0.118. The number of amides is 1. The maximum absolute atomic E-state index is 12.9. The molecule has 0 atom stereocenters. The summed E-state index contributed by atoms with van der Waals surface area (Å²) in [5.74, 6) is 0.454. The molecule has 0 aliphatic carbocycles. The Balaban J connectivity index is 1.58. The monoisotopic (exact) mass is 368 g/mol. The van der Waals surface area contributed by atoms with Gasteiger partial charge in [-0.05, 0) is 42.8 Å². The second-order valence-corrected chi connectivity index (χ2v) is 6.54. The Morgan fingerprint density at radius 2 is 1.92 bits per heavy atom. The fraction of sp³-hybridized carbons (Fsp3) is 0.158. The molecule has 1 N–H and O–H groups in total. The van der Waals surface area contributed by atoms with Gasteiger partial charge in [-0.2, -0.15) is 0 Å². The highest BCUT2D eigenvalue weighted by atomic mass is 32.2. The molecule has 1 aromatic carbocycles. The van der Waals surface area contributed by atoms with Gasteiger partial charge in [0.05, 0.1) is 17.1 Å². The Kier molecular flexibility index (Phi) is 5.91. The normalized spacial score (nSPS) is 10.5. The van der Waals surface area contributed by atoms with E-state index in [9.17, 15) is 9.18 Å². The molecule has 0 unspecified atom stereocenters. The minimum absolute atomic E-state index is 0.116. The van der Waals surface area contributed by atoms with Crippen molar-refractivity contribution in [1.29, 1.82) is 0 Å².